The van der Waals surface area contributed by atoms with Crippen molar-refractivity contribution < 1.29 is 0 Å². The summed E-state index contributed by atoms with van der Waals surface area (Å²) in [5, 5.41) is 2.19. The molecule has 0 fully saturated rings. The molecule has 0 N–H and O–H groups in total. The van der Waals surface area contributed by atoms with Crippen LogP contribution in [0.4, 0.5) is 0 Å². The number of hydrogen-bond acceptors (Lipinski definition) is 0. The fourth-order valence-electron chi connectivity index (χ4n) is 1.19. The second-order valence-electron chi connectivity index (χ2n) is 3.26. The largest absolute Gasteiger partial charge is 0.0991 e. The van der Waals surface area contributed by atoms with Crippen LogP contribution < -0.4 is 10.4 Å². The van der Waals surface area contributed by atoms with Crippen LogP contribution in [0, 0.1) is 0 Å². The molecule has 0 saturated carbocycles. The summed E-state index contributed by atoms with van der Waals surface area (Å²) in [6.45, 7) is 7.55. The third-order valence-electron chi connectivity index (χ3n) is 2.02. The minimum atomic E-state index is 1.04. The molecule has 0 heterocycles. The smallest absolute Gasteiger partial charge is 0.0190 e. The first-order valence-corrected chi connectivity index (χ1v) is 5.21. The monoisotopic (exact) mass is 208 g/mol. The van der Waals surface area contributed by atoms with Crippen LogP contribution in [0.15, 0.2) is 73.4 Å². The third kappa shape index (κ3) is 4.43. The van der Waals surface area contributed by atoms with Crippen LogP contribution in [0.5, 0.6) is 0 Å². The molecule has 0 saturated heterocycles. The van der Waals surface area contributed by atoms with Gasteiger partial charge < -0.3 is 0 Å². The van der Waals surface area contributed by atoms with Crippen molar-refractivity contribution in [2.45, 2.75) is 0 Å². The van der Waals surface area contributed by atoms with Gasteiger partial charge in [-0.25, -0.2) is 0 Å². The molecule has 0 nitrogen and oxygen atoms in total. The standard InChI is InChI=1S/C16H16/c1-3-4-5-6-7-8-9-13-16-14-11-10-12-15(16)2/h3-14H,1-2H2/b5-4-,7-6+,9-8+,16-13-. The summed E-state index contributed by atoms with van der Waals surface area (Å²) in [7, 11) is 0. The Morgan fingerprint density at radius 1 is 0.812 bits per heavy atom. The molecule has 0 radical (unpaired) electrons. The highest BCUT2D eigenvalue weighted by molar-refractivity contribution is 5.39. The molecule has 1 aromatic carbocycles. The van der Waals surface area contributed by atoms with E-state index in [0.29, 0.717) is 0 Å². The lowest BCUT2D eigenvalue weighted by Gasteiger charge is -1.84. The van der Waals surface area contributed by atoms with Gasteiger partial charge in [0.15, 0.2) is 0 Å². The summed E-state index contributed by atoms with van der Waals surface area (Å²) >= 11 is 0. The Balaban J connectivity index is 2.67. The van der Waals surface area contributed by atoms with E-state index in [1.54, 1.807) is 6.08 Å². The van der Waals surface area contributed by atoms with Crippen LogP contribution >= 0.6 is 0 Å². The molecule has 0 atom stereocenters. The topological polar surface area (TPSA) is 0 Å². The highest BCUT2D eigenvalue weighted by atomic mass is 13.8. The summed E-state index contributed by atoms with van der Waals surface area (Å²) in [5.74, 6) is 0. The second kappa shape index (κ2) is 7.24. The third-order valence-corrected chi connectivity index (χ3v) is 2.02. The van der Waals surface area contributed by atoms with Crippen molar-refractivity contribution in [2.24, 2.45) is 0 Å². The zero-order chi connectivity index (χ0) is 11.6. The summed E-state index contributed by atoms with van der Waals surface area (Å²) in [6.07, 6.45) is 15.5. The average Bonchev–Trinajstić information content (AvgIpc) is 2.30. The molecule has 0 amide bonds. The average molecular weight is 208 g/mol. The fourth-order valence-corrected chi connectivity index (χ4v) is 1.19. The molecule has 0 spiro atoms. The van der Waals surface area contributed by atoms with Crippen molar-refractivity contribution in [1.82, 2.24) is 0 Å². The van der Waals surface area contributed by atoms with E-state index in [1.807, 2.05) is 66.8 Å². The van der Waals surface area contributed by atoms with E-state index in [-0.39, 0.29) is 0 Å². The second-order valence-corrected chi connectivity index (χ2v) is 3.26. The van der Waals surface area contributed by atoms with E-state index in [9.17, 15) is 0 Å². The lowest BCUT2D eigenvalue weighted by Crippen LogP contribution is -2.21. The first-order chi connectivity index (χ1) is 7.84. The van der Waals surface area contributed by atoms with Crippen LogP contribution in [-0.2, 0) is 0 Å². The van der Waals surface area contributed by atoms with Crippen molar-refractivity contribution >= 4 is 12.7 Å². The van der Waals surface area contributed by atoms with Crippen molar-refractivity contribution in [3.8, 4) is 0 Å². The number of allylic oxidation sites excluding steroid dienone is 7. The van der Waals surface area contributed by atoms with Crippen LogP contribution in [-0.4, -0.2) is 0 Å². The minimum Gasteiger partial charge on any atom is -0.0991 e. The van der Waals surface area contributed by atoms with E-state index in [1.165, 1.54) is 0 Å². The number of hydrogen-bond donors (Lipinski definition) is 0. The van der Waals surface area contributed by atoms with Gasteiger partial charge in [0, 0.05) is 0 Å². The maximum atomic E-state index is 3.95. The molecule has 0 aliphatic carbocycles. The van der Waals surface area contributed by atoms with Gasteiger partial charge in [0.2, 0.25) is 0 Å². The highest BCUT2D eigenvalue weighted by Gasteiger charge is 1.76. The van der Waals surface area contributed by atoms with E-state index in [0.717, 1.165) is 10.4 Å². The van der Waals surface area contributed by atoms with Gasteiger partial charge in [-0.05, 0) is 10.4 Å². The summed E-state index contributed by atoms with van der Waals surface area (Å²) in [6, 6.07) is 8.05. The Kier molecular flexibility index (Phi) is 5.43. The number of rotatable bonds is 4. The highest BCUT2D eigenvalue weighted by Crippen LogP contribution is 1.81. The van der Waals surface area contributed by atoms with Crippen LogP contribution in [0.3, 0.4) is 0 Å². The lowest BCUT2D eigenvalue weighted by atomic mass is 10.2. The molecule has 0 bridgehead atoms. The maximum Gasteiger partial charge on any atom is -0.0190 e. The van der Waals surface area contributed by atoms with E-state index < -0.39 is 0 Å². The molecular weight excluding hydrogens is 192 g/mol. The van der Waals surface area contributed by atoms with Crippen LogP contribution in [0.25, 0.3) is 12.7 Å². The molecule has 0 aliphatic heterocycles. The van der Waals surface area contributed by atoms with Crippen molar-refractivity contribution in [3.63, 3.8) is 0 Å². The molecule has 0 unspecified atom stereocenters. The lowest BCUT2D eigenvalue weighted by molar-refractivity contribution is 1.53. The predicted molar refractivity (Wildman–Crippen MR) is 73.3 cm³/mol. The van der Waals surface area contributed by atoms with E-state index in [4.69, 9.17) is 0 Å². The Bertz CT molecular complexity index is 513. The quantitative estimate of drug-likeness (QED) is 0.667. The molecule has 16 heavy (non-hydrogen) atoms. The Labute approximate surface area is 96.9 Å². The number of benzene rings is 1. The first kappa shape index (κ1) is 12.0. The molecule has 1 aromatic rings. The Morgan fingerprint density at radius 3 is 2.12 bits per heavy atom. The zero-order valence-corrected chi connectivity index (χ0v) is 9.34. The van der Waals surface area contributed by atoms with Gasteiger partial charge in [-0.2, -0.15) is 0 Å². The van der Waals surface area contributed by atoms with Crippen molar-refractivity contribution in [2.75, 3.05) is 0 Å². The Hall–Kier alpha value is -2.08. The summed E-state index contributed by atoms with van der Waals surface area (Å²) < 4.78 is 0. The van der Waals surface area contributed by atoms with Gasteiger partial charge in [0.05, 0.1) is 0 Å². The van der Waals surface area contributed by atoms with Gasteiger partial charge >= 0.3 is 0 Å². The molecule has 0 heteroatoms. The van der Waals surface area contributed by atoms with E-state index >= 15 is 0 Å². The van der Waals surface area contributed by atoms with Crippen molar-refractivity contribution in [3.05, 3.63) is 83.8 Å². The first-order valence-electron chi connectivity index (χ1n) is 5.21. The zero-order valence-electron chi connectivity index (χ0n) is 9.34. The van der Waals surface area contributed by atoms with Gasteiger partial charge in [-0.1, -0.05) is 86.0 Å². The van der Waals surface area contributed by atoms with Gasteiger partial charge in [0.1, 0.15) is 0 Å². The molecule has 80 valence electrons. The van der Waals surface area contributed by atoms with Gasteiger partial charge in [0.25, 0.3) is 0 Å². The molecule has 0 aliphatic rings. The summed E-state index contributed by atoms with van der Waals surface area (Å²) in [4.78, 5) is 0. The SMILES string of the molecule is C=C\C=C/C=C/C=C/C=c1/ccccc1=C. The minimum absolute atomic E-state index is 1.04. The van der Waals surface area contributed by atoms with Crippen LogP contribution in [0.2, 0.25) is 0 Å². The molecule has 0 aromatic heterocycles. The van der Waals surface area contributed by atoms with Crippen LogP contribution in [0.1, 0.15) is 0 Å². The summed E-state index contributed by atoms with van der Waals surface area (Å²) in [5.41, 5.74) is 0. The predicted octanol–water partition coefficient (Wildman–Crippen LogP) is 2.73. The molecule has 1 rings (SSSR count). The fraction of sp³-hybridized carbons (Fsp3) is 0. The molecular formula is C16H16. The van der Waals surface area contributed by atoms with Gasteiger partial charge in [-0.3, -0.25) is 0 Å². The van der Waals surface area contributed by atoms with E-state index in [2.05, 4.69) is 13.2 Å². The van der Waals surface area contributed by atoms with Gasteiger partial charge in [-0.15, -0.1) is 0 Å². The Morgan fingerprint density at radius 2 is 1.44 bits per heavy atom. The van der Waals surface area contributed by atoms with Crippen molar-refractivity contribution in [1.29, 1.82) is 0 Å². The maximum absolute atomic E-state index is 3.95. The normalized spacial score (nSPS) is 13.1.